The van der Waals surface area contributed by atoms with Crippen LogP contribution in [0.2, 0.25) is 0 Å². The van der Waals surface area contributed by atoms with Crippen LogP contribution in [-0.4, -0.2) is 31.8 Å². The van der Waals surface area contributed by atoms with Crippen LogP contribution in [0, 0.1) is 62.1 Å². The summed E-state index contributed by atoms with van der Waals surface area (Å²) in [5.41, 5.74) is -0.514. The monoisotopic (exact) mass is 554 g/mol. The molecule has 5 aliphatic carbocycles. The first kappa shape index (κ1) is 28.7. The van der Waals surface area contributed by atoms with Crippen LogP contribution in [0.5, 0.6) is 0 Å². The van der Waals surface area contributed by atoms with Crippen molar-refractivity contribution in [2.75, 3.05) is 5.75 Å². The summed E-state index contributed by atoms with van der Waals surface area (Å²) in [7, 11) is -3.36. The lowest BCUT2D eigenvalue weighted by Gasteiger charge is -2.68. The summed E-state index contributed by atoms with van der Waals surface area (Å²) in [5, 5.41) is 9.88. The number of hydrogen-bond acceptors (Lipinski definition) is 5. The number of rotatable bonds is 3. The van der Waals surface area contributed by atoms with Crippen molar-refractivity contribution in [2.24, 2.45) is 50.7 Å². The van der Waals surface area contributed by atoms with E-state index in [-0.39, 0.29) is 68.9 Å². The van der Waals surface area contributed by atoms with Gasteiger partial charge in [0.25, 0.3) is 0 Å². The zero-order valence-corrected chi connectivity index (χ0v) is 25.8. The minimum absolute atomic E-state index is 0.0275. The van der Waals surface area contributed by atoms with E-state index in [1.165, 1.54) is 0 Å². The first-order chi connectivity index (χ1) is 17.9. The molecule has 0 heterocycles. The molecule has 0 radical (unpaired) electrons. The fourth-order valence-electron chi connectivity index (χ4n) is 10.4. The molecule has 0 aromatic heterocycles. The van der Waals surface area contributed by atoms with Gasteiger partial charge < -0.3 is 0 Å². The standard InChI is InChI=1S/C32H46N2O4S/c1-9-39(37,38)34-22-17-28(2,3)16-21-20(22)10-12-32(8)26(21)23(35)14-25-30(6)15-19(18-33)27(36)29(4,5)24(30)11-13-31(25,32)7/h14-15,20-22,24,26,34H,9-13,16-17H2,1-8H3/t20-,21-,22+,24-,26-,30-,31+,32+/m0/s1. The summed E-state index contributed by atoms with van der Waals surface area (Å²) >= 11 is 0. The second-order valence-corrected chi connectivity index (χ2v) is 17.4. The van der Waals surface area contributed by atoms with Crippen molar-refractivity contribution >= 4 is 21.6 Å². The summed E-state index contributed by atoms with van der Waals surface area (Å²) in [5.74, 6) is 0.229. The maximum atomic E-state index is 14.4. The van der Waals surface area contributed by atoms with Crippen LogP contribution in [0.4, 0.5) is 0 Å². The third kappa shape index (κ3) is 3.90. The van der Waals surface area contributed by atoms with Crippen LogP contribution >= 0.6 is 0 Å². The maximum absolute atomic E-state index is 14.4. The van der Waals surface area contributed by atoms with Gasteiger partial charge in [-0.25, -0.2) is 13.1 Å². The van der Waals surface area contributed by atoms with Crippen LogP contribution in [-0.2, 0) is 19.6 Å². The third-order valence-corrected chi connectivity index (χ3v) is 13.8. The summed E-state index contributed by atoms with van der Waals surface area (Å²) in [4.78, 5) is 27.6. The van der Waals surface area contributed by atoms with Crippen molar-refractivity contribution in [3.63, 3.8) is 0 Å². The van der Waals surface area contributed by atoms with Gasteiger partial charge in [0.05, 0.1) is 11.3 Å². The predicted octanol–water partition coefficient (Wildman–Crippen LogP) is 5.75. The molecule has 3 fully saturated rings. The fourth-order valence-corrected chi connectivity index (χ4v) is 11.3. The van der Waals surface area contributed by atoms with E-state index in [9.17, 15) is 23.3 Å². The number of sulfonamides is 1. The van der Waals surface area contributed by atoms with Gasteiger partial charge in [0.2, 0.25) is 10.0 Å². The molecule has 0 aromatic rings. The van der Waals surface area contributed by atoms with Gasteiger partial charge >= 0.3 is 0 Å². The van der Waals surface area contributed by atoms with Crippen molar-refractivity contribution in [3.8, 4) is 6.07 Å². The minimum atomic E-state index is -3.36. The lowest BCUT2D eigenvalue weighted by molar-refractivity contribution is -0.157. The van der Waals surface area contributed by atoms with Crippen LogP contribution in [0.15, 0.2) is 23.3 Å². The molecular formula is C32H46N2O4S. The number of fused-ring (bicyclic) bond motifs is 7. The third-order valence-electron chi connectivity index (χ3n) is 12.4. The zero-order valence-electron chi connectivity index (χ0n) is 25.0. The molecule has 5 aliphatic rings. The first-order valence-corrected chi connectivity index (χ1v) is 16.5. The molecule has 214 valence electrons. The van der Waals surface area contributed by atoms with Gasteiger partial charge in [-0.2, -0.15) is 5.26 Å². The Morgan fingerprint density at radius 1 is 1.00 bits per heavy atom. The Balaban J connectivity index is 1.63. The Kier molecular flexibility index (Phi) is 6.35. The number of Topliss-reactive ketones (excluding diaryl/α,β-unsaturated/α-hetero) is 1. The van der Waals surface area contributed by atoms with Gasteiger partial charge in [0.15, 0.2) is 11.6 Å². The second kappa shape index (κ2) is 8.61. The number of nitrogens with zero attached hydrogens (tertiary/aromatic N) is 1. The maximum Gasteiger partial charge on any atom is 0.211 e. The Labute approximate surface area is 235 Å². The number of ketones is 2. The van der Waals surface area contributed by atoms with E-state index in [0.717, 1.165) is 44.1 Å². The summed E-state index contributed by atoms with van der Waals surface area (Å²) < 4.78 is 28.3. The van der Waals surface area contributed by atoms with Gasteiger partial charge in [-0.3, -0.25) is 9.59 Å². The van der Waals surface area contributed by atoms with E-state index in [0.29, 0.717) is 0 Å². The molecule has 39 heavy (non-hydrogen) atoms. The fraction of sp³-hybridized carbons (Fsp3) is 0.781. The quantitative estimate of drug-likeness (QED) is 0.478. The molecule has 0 bridgehead atoms. The molecule has 0 aliphatic heterocycles. The van der Waals surface area contributed by atoms with Gasteiger partial charge in [0.1, 0.15) is 6.07 Å². The molecule has 6 nitrogen and oxygen atoms in total. The van der Waals surface area contributed by atoms with Gasteiger partial charge in [0, 0.05) is 22.8 Å². The predicted molar refractivity (Wildman–Crippen MR) is 152 cm³/mol. The van der Waals surface area contributed by atoms with Crippen molar-refractivity contribution in [1.82, 2.24) is 4.72 Å². The van der Waals surface area contributed by atoms with E-state index < -0.39 is 20.9 Å². The Bertz CT molecular complexity index is 1330. The molecule has 0 spiro atoms. The summed E-state index contributed by atoms with van der Waals surface area (Å²) in [6.45, 7) is 16.8. The highest BCUT2D eigenvalue weighted by Gasteiger charge is 2.68. The summed E-state index contributed by atoms with van der Waals surface area (Å²) in [6, 6.07) is 2.02. The number of nitriles is 1. The van der Waals surface area contributed by atoms with Gasteiger partial charge in [-0.1, -0.05) is 60.1 Å². The summed E-state index contributed by atoms with van der Waals surface area (Å²) in [6.07, 6.45) is 9.01. The molecule has 0 unspecified atom stereocenters. The molecular weight excluding hydrogens is 508 g/mol. The first-order valence-electron chi connectivity index (χ1n) is 14.8. The van der Waals surface area contributed by atoms with Crippen LogP contribution < -0.4 is 4.72 Å². The highest BCUT2D eigenvalue weighted by Crippen LogP contribution is 2.73. The minimum Gasteiger partial charge on any atom is -0.295 e. The molecule has 0 aromatic carbocycles. The topological polar surface area (TPSA) is 104 Å². The zero-order chi connectivity index (χ0) is 29.0. The molecule has 3 saturated carbocycles. The van der Waals surface area contributed by atoms with Gasteiger partial charge in [-0.05, 0) is 85.5 Å². The van der Waals surface area contributed by atoms with E-state index >= 15 is 0 Å². The average molecular weight is 555 g/mol. The molecule has 7 heteroatoms. The van der Waals surface area contributed by atoms with Gasteiger partial charge in [-0.15, -0.1) is 0 Å². The van der Waals surface area contributed by atoms with Crippen molar-refractivity contribution in [2.45, 2.75) is 100.0 Å². The molecule has 8 atom stereocenters. The van der Waals surface area contributed by atoms with Crippen LogP contribution in [0.3, 0.4) is 0 Å². The molecule has 5 rings (SSSR count). The SMILES string of the molecule is CCS(=O)(=O)N[C@@H]1CC(C)(C)C[C@H]2[C@@H]1CC[C@]1(C)[C@@H]2C(=O)C=C2[C@@]3(C)C=C(C#N)C(=O)C(C)(C)[C@@H]3CC[C@]21C. The van der Waals surface area contributed by atoms with Crippen molar-refractivity contribution in [3.05, 3.63) is 23.3 Å². The average Bonchev–Trinajstić information content (AvgIpc) is 2.82. The normalized spacial score (nSPS) is 44.5. The van der Waals surface area contributed by atoms with E-state index in [1.807, 2.05) is 26.0 Å². The van der Waals surface area contributed by atoms with E-state index in [4.69, 9.17) is 0 Å². The Morgan fingerprint density at radius 3 is 2.28 bits per heavy atom. The highest BCUT2D eigenvalue weighted by atomic mass is 32.2. The van der Waals surface area contributed by atoms with E-state index in [2.05, 4.69) is 45.4 Å². The number of carbonyl (C=O) groups excluding carboxylic acids is 2. The van der Waals surface area contributed by atoms with E-state index in [1.54, 1.807) is 6.92 Å². The lowest BCUT2D eigenvalue weighted by Crippen LogP contribution is -2.65. The highest BCUT2D eigenvalue weighted by molar-refractivity contribution is 7.89. The lowest BCUT2D eigenvalue weighted by atomic mass is 9.35. The number of allylic oxidation sites excluding steroid dienone is 4. The molecule has 1 N–H and O–H groups in total. The molecule has 0 saturated heterocycles. The Hall–Kier alpha value is -1.78. The van der Waals surface area contributed by atoms with Crippen LogP contribution in [0.1, 0.15) is 93.9 Å². The molecule has 0 amide bonds. The number of hydrogen-bond donors (Lipinski definition) is 1. The smallest absolute Gasteiger partial charge is 0.211 e. The largest absolute Gasteiger partial charge is 0.295 e. The number of carbonyl (C=O) groups is 2. The second-order valence-electron chi connectivity index (χ2n) is 15.3. The van der Waals surface area contributed by atoms with Crippen LogP contribution in [0.25, 0.3) is 0 Å². The number of nitrogens with one attached hydrogen (secondary N) is 1. The van der Waals surface area contributed by atoms with Crippen molar-refractivity contribution in [1.29, 1.82) is 5.26 Å². The van der Waals surface area contributed by atoms with Crippen molar-refractivity contribution < 1.29 is 18.0 Å². The Morgan fingerprint density at radius 2 is 1.67 bits per heavy atom.